The van der Waals surface area contributed by atoms with Crippen LogP contribution in [0.3, 0.4) is 0 Å². The Balaban J connectivity index is 1.59. The molecule has 1 amide bonds. The summed E-state index contributed by atoms with van der Waals surface area (Å²) in [4.78, 5) is 12.4. The highest BCUT2D eigenvalue weighted by atomic mass is 32.2. The normalized spacial score (nSPS) is 11.9. The lowest BCUT2D eigenvalue weighted by Gasteiger charge is -2.14. The molecule has 0 saturated carbocycles. The minimum absolute atomic E-state index is 0.0708. The Labute approximate surface area is 182 Å². The fraction of sp³-hybridized carbons (Fsp3) is 0.348. The molecule has 7 heteroatoms. The van der Waals surface area contributed by atoms with Gasteiger partial charge in [0.2, 0.25) is 5.91 Å². The fourth-order valence-electron chi connectivity index (χ4n) is 3.07. The molecule has 1 N–H and O–H groups in total. The number of nitrogens with one attached hydrogen (secondary N) is 1. The van der Waals surface area contributed by atoms with Crippen molar-refractivity contribution in [2.24, 2.45) is 7.05 Å². The topological polar surface area (TPSA) is 69.0 Å². The summed E-state index contributed by atoms with van der Waals surface area (Å²) in [7, 11) is 1.89. The molecule has 0 saturated heterocycles. The van der Waals surface area contributed by atoms with Gasteiger partial charge in [-0.1, -0.05) is 43.0 Å². The highest BCUT2D eigenvalue weighted by Gasteiger charge is 2.18. The van der Waals surface area contributed by atoms with Gasteiger partial charge in [-0.05, 0) is 62.1 Å². The van der Waals surface area contributed by atoms with Gasteiger partial charge in [0.1, 0.15) is 5.75 Å². The van der Waals surface area contributed by atoms with Crippen LogP contribution < -0.4 is 10.1 Å². The van der Waals surface area contributed by atoms with Crippen molar-refractivity contribution < 1.29 is 9.53 Å². The molecule has 0 spiro atoms. The number of aromatic nitrogens is 3. The lowest BCUT2D eigenvalue weighted by Crippen LogP contribution is -2.15. The van der Waals surface area contributed by atoms with Gasteiger partial charge in [-0.2, -0.15) is 0 Å². The van der Waals surface area contributed by atoms with Gasteiger partial charge in [0.25, 0.3) is 0 Å². The summed E-state index contributed by atoms with van der Waals surface area (Å²) in [6.45, 7) is 8.10. The number of hydrogen-bond donors (Lipinski definition) is 1. The van der Waals surface area contributed by atoms with Gasteiger partial charge in [-0.15, -0.1) is 10.2 Å². The summed E-state index contributed by atoms with van der Waals surface area (Å²) in [6.07, 6.45) is 0.740. The zero-order chi connectivity index (χ0) is 21.7. The monoisotopic (exact) mass is 424 g/mol. The van der Waals surface area contributed by atoms with Gasteiger partial charge in [-0.25, -0.2) is 0 Å². The molecular weight excluding hydrogens is 396 g/mol. The number of thioether (sulfide) groups is 1. The highest BCUT2D eigenvalue weighted by Crippen LogP contribution is 2.24. The van der Waals surface area contributed by atoms with Crippen LogP contribution in [-0.2, 0) is 18.3 Å². The predicted molar refractivity (Wildman–Crippen MR) is 121 cm³/mol. The van der Waals surface area contributed by atoms with Gasteiger partial charge < -0.3 is 14.6 Å². The van der Waals surface area contributed by atoms with E-state index < -0.39 is 0 Å². The first kappa shape index (κ1) is 21.9. The average Bonchev–Trinajstić information content (AvgIpc) is 3.11. The quantitative estimate of drug-likeness (QED) is 0.523. The number of amides is 1. The third-order valence-corrected chi connectivity index (χ3v) is 6.11. The minimum Gasteiger partial charge on any atom is -0.483 e. The van der Waals surface area contributed by atoms with E-state index in [1.807, 2.05) is 62.7 Å². The number of carbonyl (C=O) groups excluding carboxylic acids is 1. The third-order valence-electron chi connectivity index (χ3n) is 5.09. The SMILES string of the molecule is CCc1ccc(O[C@H](C)c2nnc(SCC(=O)Nc3cccc(C)c3C)n2C)cc1. The minimum atomic E-state index is -0.256. The summed E-state index contributed by atoms with van der Waals surface area (Å²) in [5.74, 6) is 1.70. The molecule has 0 aliphatic heterocycles. The molecular formula is C23H28N4O2S. The van der Waals surface area contributed by atoms with E-state index in [0.29, 0.717) is 11.0 Å². The van der Waals surface area contributed by atoms with Crippen LogP contribution >= 0.6 is 11.8 Å². The van der Waals surface area contributed by atoms with Crippen molar-refractivity contribution in [1.82, 2.24) is 14.8 Å². The maximum Gasteiger partial charge on any atom is 0.234 e. The van der Waals surface area contributed by atoms with Crippen molar-refractivity contribution in [2.75, 3.05) is 11.1 Å². The molecule has 3 aromatic rings. The molecule has 1 atom stereocenters. The van der Waals surface area contributed by atoms with E-state index in [9.17, 15) is 4.79 Å². The van der Waals surface area contributed by atoms with Gasteiger partial charge in [0.05, 0.1) is 5.75 Å². The van der Waals surface area contributed by atoms with Crippen molar-refractivity contribution >= 4 is 23.4 Å². The van der Waals surface area contributed by atoms with Crippen LogP contribution in [0.25, 0.3) is 0 Å². The molecule has 0 aliphatic carbocycles. The number of hydrogen-bond acceptors (Lipinski definition) is 5. The Morgan fingerprint density at radius 2 is 1.90 bits per heavy atom. The summed E-state index contributed by atoms with van der Waals surface area (Å²) in [5, 5.41) is 12.1. The van der Waals surface area contributed by atoms with Crippen molar-refractivity contribution in [2.45, 2.75) is 45.4 Å². The number of rotatable bonds is 8. The van der Waals surface area contributed by atoms with Crippen LogP contribution in [0.2, 0.25) is 0 Å². The van der Waals surface area contributed by atoms with Crippen LogP contribution in [0.4, 0.5) is 5.69 Å². The molecule has 0 radical (unpaired) electrons. The van der Waals surface area contributed by atoms with Gasteiger partial charge in [-0.3, -0.25) is 4.79 Å². The first-order valence-corrected chi connectivity index (χ1v) is 11.0. The third kappa shape index (κ3) is 5.21. The average molecular weight is 425 g/mol. The first-order valence-electron chi connectivity index (χ1n) is 10.0. The smallest absolute Gasteiger partial charge is 0.234 e. The van der Waals surface area contributed by atoms with Crippen molar-refractivity contribution in [3.8, 4) is 5.75 Å². The Bertz CT molecular complexity index is 1010. The zero-order valence-electron chi connectivity index (χ0n) is 18.1. The number of carbonyl (C=O) groups is 1. The maximum absolute atomic E-state index is 12.4. The molecule has 30 heavy (non-hydrogen) atoms. The number of aryl methyl sites for hydroxylation is 2. The Morgan fingerprint density at radius 1 is 1.17 bits per heavy atom. The Morgan fingerprint density at radius 3 is 2.60 bits per heavy atom. The van der Waals surface area contributed by atoms with Crippen LogP contribution in [0, 0.1) is 13.8 Å². The van der Waals surface area contributed by atoms with E-state index in [4.69, 9.17) is 4.74 Å². The summed E-state index contributed by atoms with van der Waals surface area (Å²) >= 11 is 1.36. The molecule has 1 aromatic heterocycles. The van der Waals surface area contributed by atoms with Gasteiger partial charge >= 0.3 is 0 Å². The zero-order valence-corrected chi connectivity index (χ0v) is 18.9. The molecule has 2 aromatic carbocycles. The second-order valence-electron chi connectivity index (χ2n) is 7.24. The molecule has 0 bridgehead atoms. The molecule has 0 fully saturated rings. The van der Waals surface area contributed by atoms with Crippen LogP contribution in [0.15, 0.2) is 47.6 Å². The lowest BCUT2D eigenvalue weighted by atomic mass is 10.1. The first-order chi connectivity index (χ1) is 14.4. The summed E-state index contributed by atoms with van der Waals surface area (Å²) in [5.41, 5.74) is 4.34. The van der Waals surface area contributed by atoms with Crippen LogP contribution in [-0.4, -0.2) is 26.4 Å². The molecule has 0 aliphatic rings. The van der Waals surface area contributed by atoms with Crippen molar-refractivity contribution in [3.63, 3.8) is 0 Å². The van der Waals surface area contributed by atoms with Gasteiger partial charge in [0.15, 0.2) is 17.1 Å². The highest BCUT2D eigenvalue weighted by molar-refractivity contribution is 7.99. The van der Waals surface area contributed by atoms with E-state index in [1.165, 1.54) is 17.3 Å². The second kappa shape index (κ2) is 9.80. The number of ether oxygens (including phenoxy) is 1. The number of benzene rings is 2. The molecule has 158 valence electrons. The van der Waals surface area contributed by atoms with E-state index in [2.05, 4.69) is 34.6 Å². The fourth-order valence-corrected chi connectivity index (χ4v) is 3.79. The second-order valence-corrected chi connectivity index (χ2v) is 8.18. The Hall–Kier alpha value is -2.80. The van der Waals surface area contributed by atoms with E-state index in [-0.39, 0.29) is 17.8 Å². The van der Waals surface area contributed by atoms with Crippen LogP contribution in [0.5, 0.6) is 5.75 Å². The number of anilines is 1. The standard InChI is InChI=1S/C23H28N4O2S/c1-6-18-10-12-19(13-11-18)29-17(4)22-25-26-23(27(22)5)30-14-21(28)24-20-9-7-8-15(2)16(20)3/h7-13,17H,6,14H2,1-5H3,(H,24,28)/t17-/m1/s1. The predicted octanol–water partition coefficient (Wildman–Crippen LogP) is 4.87. The van der Waals surface area contributed by atoms with Crippen molar-refractivity contribution in [3.05, 3.63) is 65.0 Å². The van der Waals surface area contributed by atoms with E-state index in [1.54, 1.807) is 0 Å². The molecule has 3 rings (SSSR count). The van der Waals surface area contributed by atoms with Crippen molar-refractivity contribution in [1.29, 1.82) is 0 Å². The maximum atomic E-state index is 12.4. The van der Waals surface area contributed by atoms with E-state index in [0.717, 1.165) is 29.0 Å². The Kier molecular flexibility index (Phi) is 7.15. The summed E-state index contributed by atoms with van der Waals surface area (Å²) in [6, 6.07) is 14.0. The van der Waals surface area contributed by atoms with E-state index >= 15 is 0 Å². The lowest BCUT2D eigenvalue weighted by molar-refractivity contribution is -0.113. The largest absolute Gasteiger partial charge is 0.483 e. The molecule has 0 unspecified atom stereocenters. The number of nitrogens with zero attached hydrogens (tertiary/aromatic N) is 3. The summed E-state index contributed by atoms with van der Waals surface area (Å²) < 4.78 is 7.89. The van der Waals surface area contributed by atoms with Gasteiger partial charge in [0, 0.05) is 12.7 Å². The van der Waals surface area contributed by atoms with Crippen LogP contribution in [0.1, 0.15) is 42.5 Å². The molecule has 1 heterocycles. The molecule has 6 nitrogen and oxygen atoms in total.